The lowest BCUT2D eigenvalue weighted by Crippen LogP contribution is -2.21. The summed E-state index contributed by atoms with van der Waals surface area (Å²) < 4.78 is 0. The number of para-hydroxylation sites is 1. The number of hydrogen-bond acceptors (Lipinski definition) is 3. The van der Waals surface area contributed by atoms with E-state index in [1.54, 1.807) is 0 Å². The Morgan fingerprint density at radius 2 is 1.62 bits per heavy atom. The lowest BCUT2D eigenvalue weighted by atomic mass is 10.1. The number of benzene rings is 2. The number of rotatable bonds is 6. The largest absolute Gasteiger partial charge is 0.340 e. The number of nitrogens with zero attached hydrogens (tertiary/aromatic N) is 2. The highest BCUT2D eigenvalue weighted by atomic mass is 32.2. The van der Waals surface area contributed by atoms with E-state index in [1.165, 1.54) is 58.0 Å². The van der Waals surface area contributed by atoms with Gasteiger partial charge in [0.15, 0.2) is 0 Å². The van der Waals surface area contributed by atoms with Gasteiger partial charge in [0.1, 0.15) is 0 Å². The molecule has 1 aromatic heterocycles. The Kier molecular flexibility index (Phi) is 5.26. The molecule has 0 fully saturated rings. The molecule has 1 aliphatic heterocycles. The maximum Gasteiger partial charge on any atom is 0.0553 e. The average Bonchev–Trinajstić information content (AvgIpc) is 2.70. The van der Waals surface area contributed by atoms with Crippen LogP contribution in [0.2, 0.25) is 0 Å². The number of pyridine rings is 1. The molecule has 0 atom stereocenters. The normalized spacial score (nSPS) is 12.6. The maximum atomic E-state index is 4.14. The van der Waals surface area contributed by atoms with E-state index in [4.69, 9.17) is 0 Å². The van der Waals surface area contributed by atoms with Crippen molar-refractivity contribution < 1.29 is 0 Å². The molecule has 3 aromatic rings. The van der Waals surface area contributed by atoms with Crippen molar-refractivity contribution in [1.82, 2.24) is 4.98 Å². The third-order valence-corrected chi connectivity index (χ3v) is 5.99. The summed E-state index contributed by atoms with van der Waals surface area (Å²) in [6.07, 6.45) is 8.84. The zero-order chi connectivity index (χ0) is 17.8. The Bertz CT molecular complexity index is 876. The lowest BCUT2D eigenvalue weighted by molar-refractivity contribution is 0.666. The summed E-state index contributed by atoms with van der Waals surface area (Å²) >= 11 is 1.88. The van der Waals surface area contributed by atoms with Crippen LogP contribution >= 0.6 is 11.8 Å². The Morgan fingerprint density at radius 3 is 2.46 bits per heavy atom. The van der Waals surface area contributed by atoms with Crippen LogP contribution in [0.1, 0.15) is 32.6 Å². The molecule has 26 heavy (non-hydrogen) atoms. The summed E-state index contributed by atoms with van der Waals surface area (Å²) in [4.78, 5) is 9.33. The minimum absolute atomic E-state index is 1.08. The number of unbranched alkanes of at least 4 members (excludes halogenated alkanes) is 3. The monoisotopic (exact) mass is 360 g/mol. The van der Waals surface area contributed by atoms with Gasteiger partial charge < -0.3 is 4.90 Å². The summed E-state index contributed by atoms with van der Waals surface area (Å²) in [5.74, 6) is 0. The molecule has 0 spiro atoms. The molecule has 0 amide bonds. The maximum absolute atomic E-state index is 4.14. The first-order valence-corrected chi connectivity index (χ1v) is 10.3. The van der Waals surface area contributed by atoms with Crippen molar-refractivity contribution in [3.8, 4) is 11.1 Å². The molecule has 2 aromatic carbocycles. The van der Waals surface area contributed by atoms with Crippen LogP contribution in [-0.4, -0.2) is 11.5 Å². The molecule has 2 nitrogen and oxygen atoms in total. The van der Waals surface area contributed by atoms with Gasteiger partial charge in [-0.3, -0.25) is 4.98 Å². The van der Waals surface area contributed by atoms with Gasteiger partial charge in [0, 0.05) is 28.7 Å². The standard InChI is InChI=1S/C23H24N2S/c1-2-3-4-7-16-25-20-8-5-6-9-22(20)26-23-17-19(10-11-21(23)25)18-12-14-24-15-13-18/h5-6,8-15,17H,2-4,7,16H2,1H3. The molecule has 0 aliphatic carbocycles. The number of fused-ring (bicyclic) bond motifs is 2. The van der Waals surface area contributed by atoms with E-state index in [1.807, 2.05) is 24.2 Å². The van der Waals surface area contributed by atoms with E-state index >= 15 is 0 Å². The summed E-state index contributed by atoms with van der Waals surface area (Å²) in [5, 5.41) is 0. The van der Waals surface area contributed by atoms with Crippen molar-refractivity contribution in [2.75, 3.05) is 11.4 Å². The van der Waals surface area contributed by atoms with Crippen LogP contribution in [-0.2, 0) is 0 Å². The molecular formula is C23H24N2S. The van der Waals surface area contributed by atoms with E-state index in [0.29, 0.717) is 0 Å². The smallest absolute Gasteiger partial charge is 0.0553 e. The summed E-state index contributed by atoms with van der Waals surface area (Å²) in [7, 11) is 0. The topological polar surface area (TPSA) is 16.1 Å². The molecule has 132 valence electrons. The highest BCUT2D eigenvalue weighted by Gasteiger charge is 2.23. The van der Waals surface area contributed by atoms with Crippen LogP contribution in [0.5, 0.6) is 0 Å². The van der Waals surface area contributed by atoms with Gasteiger partial charge in [-0.05, 0) is 53.9 Å². The van der Waals surface area contributed by atoms with Gasteiger partial charge in [0.25, 0.3) is 0 Å². The zero-order valence-corrected chi connectivity index (χ0v) is 16.0. The molecule has 4 rings (SSSR count). The first kappa shape index (κ1) is 17.2. The third kappa shape index (κ3) is 3.49. The van der Waals surface area contributed by atoms with Gasteiger partial charge in [-0.15, -0.1) is 0 Å². The van der Waals surface area contributed by atoms with Gasteiger partial charge >= 0.3 is 0 Å². The second-order valence-electron chi connectivity index (χ2n) is 6.70. The molecule has 0 bridgehead atoms. The van der Waals surface area contributed by atoms with Crippen molar-refractivity contribution in [2.24, 2.45) is 0 Å². The van der Waals surface area contributed by atoms with Crippen LogP contribution in [0.15, 0.2) is 76.8 Å². The minimum atomic E-state index is 1.08. The van der Waals surface area contributed by atoms with Crippen LogP contribution < -0.4 is 4.90 Å². The van der Waals surface area contributed by atoms with Crippen molar-refractivity contribution in [1.29, 1.82) is 0 Å². The average molecular weight is 361 g/mol. The summed E-state index contributed by atoms with van der Waals surface area (Å²) in [6, 6.07) is 19.8. The van der Waals surface area contributed by atoms with Crippen LogP contribution in [0.3, 0.4) is 0 Å². The van der Waals surface area contributed by atoms with Crippen molar-refractivity contribution in [3.05, 3.63) is 67.0 Å². The van der Waals surface area contributed by atoms with E-state index in [0.717, 1.165) is 6.54 Å². The molecule has 0 N–H and O–H groups in total. The Balaban J connectivity index is 1.68. The summed E-state index contributed by atoms with van der Waals surface area (Å²) in [6.45, 7) is 3.35. The Labute approximate surface area is 160 Å². The van der Waals surface area contributed by atoms with Gasteiger partial charge in [0.2, 0.25) is 0 Å². The predicted molar refractivity (Wildman–Crippen MR) is 111 cm³/mol. The van der Waals surface area contributed by atoms with E-state index in [-0.39, 0.29) is 0 Å². The highest BCUT2D eigenvalue weighted by Crippen LogP contribution is 2.49. The molecule has 0 saturated carbocycles. The number of hydrogen-bond donors (Lipinski definition) is 0. The predicted octanol–water partition coefficient (Wildman–Crippen LogP) is 6.93. The van der Waals surface area contributed by atoms with Crippen molar-refractivity contribution in [3.63, 3.8) is 0 Å². The highest BCUT2D eigenvalue weighted by molar-refractivity contribution is 7.99. The molecule has 0 radical (unpaired) electrons. The van der Waals surface area contributed by atoms with Crippen molar-refractivity contribution >= 4 is 23.1 Å². The SMILES string of the molecule is CCCCCCN1c2ccccc2Sc2cc(-c3ccncc3)ccc21. The minimum Gasteiger partial charge on any atom is -0.340 e. The number of aromatic nitrogens is 1. The van der Waals surface area contributed by atoms with Crippen molar-refractivity contribution in [2.45, 2.75) is 42.4 Å². The van der Waals surface area contributed by atoms with E-state index in [2.05, 4.69) is 71.4 Å². The van der Waals surface area contributed by atoms with Gasteiger partial charge in [-0.25, -0.2) is 0 Å². The molecule has 0 saturated heterocycles. The Hall–Kier alpha value is -2.26. The fraction of sp³-hybridized carbons (Fsp3) is 0.261. The van der Waals surface area contributed by atoms with Gasteiger partial charge in [0.05, 0.1) is 11.4 Å². The molecular weight excluding hydrogens is 336 g/mol. The van der Waals surface area contributed by atoms with Gasteiger partial charge in [-0.1, -0.05) is 56.1 Å². The Morgan fingerprint density at radius 1 is 0.808 bits per heavy atom. The lowest BCUT2D eigenvalue weighted by Gasteiger charge is -2.33. The fourth-order valence-electron chi connectivity index (χ4n) is 3.50. The van der Waals surface area contributed by atoms with Crippen LogP contribution in [0.4, 0.5) is 11.4 Å². The van der Waals surface area contributed by atoms with Crippen LogP contribution in [0.25, 0.3) is 11.1 Å². The third-order valence-electron chi connectivity index (χ3n) is 4.88. The summed E-state index contributed by atoms with van der Waals surface area (Å²) in [5.41, 5.74) is 5.15. The zero-order valence-electron chi connectivity index (χ0n) is 15.2. The quantitative estimate of drug-likeness (QED) is 0.443. The second kappa shape index (κ2) is 7.96. The van der Waals surface area contributed by atoms with E-state index < -0.39 is 0 Å². The first-order valence-electron chi connectivity index (χ1n) is 9.45. The van der Waals surface area contributed by atoms with Gasteiger partial charge in [-0.2, -0.15) is 0 Å². The number of anilines is 2. The molecule has 0 unspecified atom stereocenters. The molecule has 3 heteroatoms. The second-order valence-corrected chi connectivity index (χ2v) is 7.78. The van der Waals surface area contributed by atoms with E-state index in [9.17, 15) is 0 Å². The molecule has 2 heterocycles. The fourth-order valence-corrected chi connectivity index (χ4v) is 4.63. The van der Waals surface area contributed by atoms with Crippen LogP contribution in [0, 0.1) is 0 Å². The molecule has 1 aliphatic rings. The first-order chi connectivity index (χ1) is 12.9.